The Morgan fingerprint density at radius 3 is 2.61 bits per heavy atom. The summed E-state index contributed by atoms with van der Waals surface area (Å²) in [4.78, 5) is 25.1. The van der Waals surface area contributed by atoms with Gasteiger partial charge in [-0.05, 0) is 47.5 Å². The molecule has 0 saturated heterocycles. The molecule has 0 aliphatic heterocycles. The summed E-state index contributed by atoms with van der Waals surface area (Å²) in [6.45, 7) is 1.99. The zero-order valence-corrected chi connectivity index (χ0v) is 18.3. The van der Waals surface area contributed by atoms with Crippen LogP contribution in [-0.4, -0.2) is 32.6 Å². The molecule has 1 heterocycles. The number of tetrazole rings is 1. The number of hydrogen-bond acceptors (Lipinski definition) is 6. The maximum Gasteiger partial charge on any atom is 0.411 e. The molecule has 4 aromatic rings. The summed E-state index contributed by atoms with van der Waals surface area (Å²) in [7, 11) is 0. The number of anilines is 2. The Bertz CT molecular complexity index is 1280. The Labute approximate surface area is 194 Å². The molecular formula is C23H19ClN6O3. The van der Waals surface area contributed by atoms with Gasteiger partial charge in [0.2, 0.25) is 5.82 Å². The van der Waals surface area contributed by atoms with Crippen LogP contribution in [0.1, 0.15) is 21.5 Å². The van der Waals surface area contributed by atoms with Crippen molar-refractivity contribution in [1.29, 1.82) is 0 Å². The zero-order valence-electron chi connectivity index (χ0n) is 17.5. The van der Waals surface area contributed by atoms with Gasteiger partial charge in [-0.1, -0.05) is 54.1 Å². The third-order valence-corrected chi connectivity index (χ3v) is 4.93. The van der Waals surface area contributed by atoms with Crippen LogP contribution in [0.5, 0.6) is 0 Å². The first-order valence-corrected chi connectivity index (χ1v) is 10.3. The first kappa shape index (κ1) is 22.0. The summed E-state index contributed by atoms with van der Waals surface area (Å²) in [5, 5.41) is 19.6. The van der Waals surface area contributed by atoms with Crippen LogP contribution in [0.25, 0.3) is 11.4 Å². The number of amides is 2. The summed E-state index contributed by atoms with van der Waals surface area (Å²) >= 11 is 6.18. The van der Waals surface area contributed by atoms with Crippen LogP contribution < -0.4 is 10.6 Å². The average Bonchev–Trinajstić information content (AvgIpc) is 3.34. The van der Waals surface area contributed by atoms with Crippen molar-refractivity contribution in [3.05, 3.63) is 88.4 Å². The average molecular weight is 463 g/mol. The van der Waals surface area contributed by atoms with Crippen LogP contribution in [0.3, 0.4) is 0 Å². The number of aromatic amines is 1. The lowest BCUT2D eigenvalue weighted by Gasteiger charge is -2.12. The summed E-state index contributed by atoms with van der Waals surface area (Å²) < 4.78 is 5.22. The van der Waals surface area contributed by atoms with Gasteiger partial charge in [-0.3, -0.25) is 10.1 Å². The minimum Gasteiger partial charge on any atom is -0.444 e. The fraction of sp³-hybridized carbons (Fsp3) is 0.0870. The molecule has 0 radical (unpaired) electrons. The number of nitrogens with zero attached hydrogens (tertiary/aromatic N) is 3. The molecule has 166 valence electrons. The van der Waals surface area contributed by atoms with Crippen LogP contribution in [0.2, 0.25) is 5.02 Å². The lowest BCUT2D eigenvalue weighted by atomic mass is 10.1. The van der Waals surface area contributed by atoms with E-state index < -0.39 is 12.0 Å². The maximum absolute atomic E-state index is 12.9. The van der Waals surface area contributed by atoms with Crippen molar-refractivity contribution >= 4 is 35.0 Å². The molecule has 0 saturated carbocycles. The van der Waals surface area contributed by atoms with Gasteiger partial charge in [-0.15, -0.1) is 10.2 Å². The first-order valence-electron chi connectivity index (χ1n) is 9.92. The van der Waals surface area contributed by atoms with E-state index in [2.05, 4.69) is 31.3 Å². The maximum atomic E-state index is 12.9. The molecule has 0 aliphatic rings. The number of aryl methyl sites for hydroxylation is 1. The predicted molar refractivity (Wildman–Crippen MR) is 124 cm³/mol. The van der Waals surface area contributed by atoms with Gasteiger partial charge >= 0.3 is 6.09 Å². The zero-order chi connectivity index (χ0) is 23.2. The second-order valence-corrected chi connectivity index (χ2v) is 7.57. The predicted octanol–water partition coefficient (Wildman–Crippen LogP) is 4.83. The van der Waals surface area contributed by atoms with E-state index in [0.29, 0.717) is 27.8 Å². The highest BCUT2D eigenvalue weighted by Crippen LogP contribution is 2.25. The van der Waals surface area contributed by atoms with E-state index >= 15 is 0 Å². The number of rotatable bonds is 6. The molecule has 3 N–H and O–H groups in total. The standard InChI is InChI=1S/C23H19ClN6O3/c1-14-7-8-16(21-27-29-30-28-21)11-20(14)26-22(31)17-9-18(24)12-19(10-17)25-23(32)33-13-15-5-3-2-4-6-15/h2-12H,13H2,1H3,(H,25,32)(H,26,31)(H,27,28,29,30). The highest BCUT2D eigenvalue weighted by Gasteiger charge is 2.13. The minimum absolute atomic E-state index is 0.122. The Morgan fingerprint density at radius 2 is 1.85 bits per heavy atom. The highest BCUT2D eigenvalue weighted by atomic mass is 35.5. The molecular weight excluding hydrogens is 444 g/mol. The van der Waals surface area contributed by atoms with Gasteiger partial charge < -0.3 is 10.1 Å². The number of benzene rings is 3. The topological polar surface area (TPSA) is 122 Å². The van der Waals surface area contributed by atoms with Gasteiger partial charge in [0.15, 0.2) is 0 Å². The van der Waals surface area contributed by atoms with Gasteiger partial charge in [-0.2, -0.15) is 5.21 Å². The molecule has 3 aromatic carbocycles. The summed E-state index contributed by atoms with van der Waals surface area (Å²) in [5.41, 5.74) is 3.59. The van der Waals surface area contributed by atoms with E-state index in [1.807, 2.05) is 49.4 Å². The van der Waals surface area contributed by atoms with Crippen molar-refractivity contribution in [2.45, 2.75) is 13.5 Å². The monoisotopic (exact) mass is 462 g/mol. The first-order chi connectivity index (χ1) is 16.0. The third kappa shape index (κ3) is 5.72. The summed E-state index contributed by atoms with van der Waals surface area (Å²) in [6, 6.07) is 19.3. The van der Waals surface area contributed by atoms with E-state index in [1.54, 1.807) is 6.07 Å². The Kier molecular flexibility index (Phi) is 6.61. The SMILES string of the molecule is Cc1ccc(-c2nn[nH]n2)cc1NC(=O)c1cc(Cl)cc(NC(=O)OCc2ccccc2)c1. The van der Waals surface area contributed by atoms with Crippen LogP contribution >= 0.6 is 11.6 Å². The van der Waals surface area contributed by atoms with Crippen molar-refractivity contribution in [3.63, 3.8) is 0 Å². The summed E-state index contributed by atoms with van der Waals surface area (Å²) in [5.74, 6) is 0.0142. The molecule has 33 heavy (non-hydrogen) atoms. The number of carbonyl (C=O) groups is 2. The molecule has 0 atom stereocenters. The number of halogens is 1. The molecule has 4 rings (SSSR count). The highest BCUT2D eigenvalue weighted by molar-refractivity contribution is 6.31. The van der Waals surface area contributed by atoms with Crippen molar-refractivity contribution in [2.24, 2.45) is 0 Å². The largest absolute Gasteiger partial charge is 0.444 e. The minimum atomic E-state index is -0.656. The van der Waals surface area contributed by atoms with E-state index in [-0.39, 0.29) is 12.2 Å². The van der Waals surface area contributed by atoms with Gasteiger partial charge in [0.25, 0.3) is 5.91 Å². The molecule has 1 aromatic heterocycles. The lowest BCUT2D eigenvalue weighted by Crippen LogP contribution is -2.16. The fourth-order valence-electron chi connectivity index (χ4n) is 3.04. The molecule has 0 bridgehead atoms. The quantitative estimate of drug-likeness (QED) is 0.377. The number of hydrogen-bond donors (Lipinski definition) is 3. The van der Waals surface area contributed by atoms with E-state index in [0.717, 1.165) is 11.1 Å². The van der Waals surface area contributed by atoms with Gasteiger partial charge in [-0.25, -0.2) is 4.79 Å². The second-order valence-electron chi connectivity index (χ2n) is 7.13. The van der Waals surface area contributed by atoms with Crippen molar-refractivity contribution in [1.82, 2.24) is 20.6 Å². The molecule has 0 unspecified atom stereocenters. The van der Waals surface area contributed by atoms with Gasteiger partial charge in [0.1, 0.15) is 6.61 Å². The molecule has 0 spiro atoms. The molecule has 10 heteroatoms. The van der Waals surface area contributed by atoms with Crippen molar-refractivity contribution < 1.29 is 14.3 Å². The van der Waals surface area contributed by atoms with Crippen molar-refractivity contribution in [3.8, 4) is 11.4 Å². The Morgan fingerprint density at radius 1 is 1.03 bits per heavy atom. The Hall–Kier alpha value is -4.24. The molecule has 2 amide bonds. The molecule has 9 nitrogen and oxygen atoms in total. The van der Waals surface area contributed by atoms with Crippen LogP contribution in [0, 0.1) is 6.92 Å². The number of nitrogens with one attached hydrogen (secondary N) is 3. The van der Waals surface area contributed by atoms with Crippen LogP contribution in [0.15, 0.2) is 66.7 Å². The fourth-order valence-corrected chi connectivity index (χ4v) is 3.28. The van der Waals surface area contributed by atoms with E-state index in [4.69, 9.17) is 16.3 Å². The van der Waals surface area contributed by atoms with E-state index in [9.17, 15) is 9.59 Å². The molecule has 0 aliphatic carbocycles. The number of aromatic nitrogens is 4. The number of H-pyrrole nitrogens is 1. The third-order valence-electron chi connectivity index (χ3n) is 4.71. The van der Waals surface area contributed by atoms with Gasteiger partial charge in [0.05, 0.1) is 0 Å². The normalized spacial score (nSPS) is 10.5. The van der Waals surface area contributed by atoms with Crippen LogP contribution in [0.4, 0.5) is 16.2 Å². The smallest absolute Gasteiger partial charge is 0.411 e. The number of carbonyl (C=O) groups excluding carboxylic acids is 2. The van der Waals surface area contributed by atoms with Gasteiger partial charge in [0, 0.05) is 27.5 Å². The van der Waals surface area contributed by atoms with Crippen LogP contribution in [-0.2, 0) is 11.3 Å². The Balaban J connectivity index is 1.45. The van der Waals surface area contributed by atoms with E-state index in [1.165, 1.54) is 18.2 Å². The van der Waals surface area contributed by atoms with Crippen molar-refractivity contribution in [2.75, 3.05) is 10.6 Å². The number of ether oxygens (including phenoxy) is 1. The summed E-state index contributed by atoms with van der Waals surface area (Å²) in [6.07, 6.45) is -0.656. The second kappa shape index (κ2) is 9.92. The molecule has 0 fully saturated rings. The lowest BCUT2D eigenvalue weighted by molar-refractivity contribution is 0.102.